The molecule has 1 amide bonds. The number of piperidine rings is 1. The van der Waals surface area contributed by atoms with Crippen LogP contribution in [-0.2, 0) is 17.8 Å². The number of anilines is 1. The van der Waals surface area contributed by atoms with Gasteiger partial charge in [0.2, 0.25) is 17.6 Å². The SMILES string of the molecule is CCc1nc(-c2ccc(N3CCCCC3C(=O)NCc3nccs3)c(F)c2)no1. The lowest BCUT2D eigenvalue weighted by Gasteiger charge is -2.36. The molecule has 1 unspecified atom stereocenters. The first-order valence-corrected chi connectivity index (χ1v) is 10.6. The lowest BCUT2D eigenvalue weighted by molar-refractivity contribution is -0.123. The molecular weight excluding hydrogens is 393 g/mol. The van der Waals surface area contributed by atoms with Gasteiger partial charge in [0, 0.05) is 30.1 Å². The molecule has 0 saturated carbocycles. The maximum Gasteiger partial charge on any atom is 0.243 e. The van der Waals surface area contributed by atoms with Gasteiger partial charge in [-0.05, 0) is 37.5 Å². The second-order valence-electron chi connectivity index (χ2n) is 6.88. The summed E-state index contributed by atoms with van der Waals surface area (Å²) in [5.74, 6) is 0.375. The van der Waals surface area contributed by atoms with E-state index in [1.165, 1.54) is 17.4 Å². The van der Waals surface area contributed by atoms with Crippen LogP contribution in [0.5, 0.6) is 0 Å². The number of benzene rings is 1. The fourth-order valence-corrected chi connectivity index (χ4v) is 4.06. The van der Waals surface area contributed by atoms with Gasteiger partial charge in [-0.1, -0.05) is 12.1 Å². The van der Waals surface area contributed by atoms with Crippen LogP contribution in [0.4, 0.5) is 10.1 Å². The van der Waals surface area contributed by atoms with E-state index in [4.69, 9.17) is 4.52 Å². The molecule has 1 aromatic carbocycles. The minimum absolute atomic E-state index is 0.103. The van der Waals surface area contributed by atoms with Gasteiger partial charge in [0.25, 0.3) is 0 Å². The number of amides is 1. The number of hydrogen-bond acceptors (Lipinski definition) is 7. The van der Waals surface area contributed by atoms with Gasteiger partial charge < -0.3 is 14.7 Å². The highest BCUT2D eigenvalue weighted by atomic mass is 32.1. The topological polar surface area (TPSA) is 84.2 Å². The number of nitrogens with one attached hydrogen (secondary N) is 1. The Morgan fingerprint density at radius 1 is 1.41 bits per heavy atom. The van der Waals surface area contributed by atoms with E-state index in [-0.39, 0.29) is 5.91 Å². The average molecular weight is 415 g/mol. The first kappa shape index (κ1) is 19.5. The fourth-order valence-electron chi connectivity index (χ4n) is 3.51. The van der Waals surface area contributed by atoms with Crippen molar-refractivity contribution in [2.75, 3.05) is 11.4 Å². The molecule has 0 radical (unpaired) electrons. The molecular formula is C20H22FN5O2S. The lowest BCUT2D eigenvalue weighted by atomic mass is 10.00. The zero-order valence-corrected chi connectivity index (χ0v) is 16.9. The predicted molar refractivity (Wildman–Crippen MR) is 108 cm³/mol. The van der Waals surface area contributed by atoms with Gasteiger partial charge in [-0.2, -0.15) is 4.98 Å². The van der Waals surface area contributed by atoms with E-state index in [1.54, 1.807) is 18.3 Å². The minimum Gasteiger partial charge on any atom is -0.357 e. The Morgan fingerprint density at radius 3 is 3.03 bits per heavy atom. The summed E-state index contributed by atoms with van der Waals surface area (Å²) in [6.07, 6.45) is 4.88. The summed E-state index contributed by atoms with van der Waals surface area (Å²) in [7, 11) is 0. The molecule has 1 aliphatic rings. The fraction of sp³-hybridized carbons (Fsp3) is 0.400. The van der Waals surface area contributed by atoms with E-state index in [0.717, 1.165) is 17.8 Å². The summed E-state index contributed by atoms with van der Waals surface area (Å²) >= 11 is 1.50. The van der Waals surface area contributed by atoms with Crippen molar-refractivity contribution >= 4 is 22.9 Å². The first-order valence-electron chi connectivity index (χ1n) is 9.71. The van der Waals surface area contributed by atoms with Crippen molar-refractivity contribution in [2.45, 2.75) is 45.2 Å². The van der Waals surface area contributed by atoms with Crippen LogP contribution >= 0.6 is 11.3 Å². The molecule has 29 heavy (non-hydrogen) atoms. The number of hydrogen-bond donors (Lipinski definition) is 1. The van der Waals surface area contributed by atoms with E-state index in [2.05, 4.69) is 20.4 Å². The monoisotopic (exact) mass is 415 g/mol. The van der Waals surface area contributed by atoms with Crippen LogP contribution in [0.1, 0.15) is 37.1 Å². The van der Waals surface area contributed by atoms with Gasteiger partial charge in [-0.25, -0.2) is 9.37 Å². The number of carbonyl (C=O) groups is 1. The zero-order chi connectivity index (χ0) is 20.2. The molecule has 2 aromatic heterocycles. The highest BCUT2D eigenvalue weighted by Gasteiger charge is 2.30. The number of aryl methyl sites for hydroxylation is 1. The highest BCUT2D eigenvalue weighted by molar-refractivity contribution is 7.09. The Morgan fingerprint density at radius 2 is 2.31 bits per heavy atom. The molecule has 1 saturated heterocycles. The number of aromatic nitrogens is 3. The average Bonchev–Trinajstić information content (AvgIpc) is 3.44. The molecule has 1 atom stereocenters. The van der Waals surface area contributed by atoms with E-state index in [1.807, 2.05) is 17.2 Å². The standard InChI is InChI=1S/C20H22FN5O2S/c1-2-17-24-19(25-28-17)13-6-7-15(14(21)11-13)26-9-4-3-5-16(26)20(27)23-12-18-22-8-10-29-18/h6-8,10-11,16H,2-5,9,12H2,1H3,(H,23,27). The quantitative estimate of drug-likeness (QED) is 0.663. The predicted octanol–water partition coefficient (Wildman–Crippen LogP) is 3.57. The Labute approximate surface area is 172 Å². The molecule has 1 N–H and O–H groups in total. The highest BCUT2D eigenvalue weighted by Crippen LogP contribution is 2.30. The Hall–Kier alpha value is -2.81. The molecule has 0 aliphatic carbocycles. The van der Waals surface area contributed by atoms with Gasteiger partial charge >= 0.3 is 0 Å². The van der Waals surface area contributed by atoms with Crippen molar-refractivity contribution in [3.05, 3.63) is 46.5 Å². The Balaban J connectivity index is 1.52. The molecule has 152 valence electrons. The van der Waals surface area contributed by atoms with Gasteiger partial charge in [0.05, 0.1) is 12.2 Å². The number of rotatable bonds is 6. The van der Waals surface area contributed by atoms with Crippen molar-refractivity contribution in [3.63, 3.8) is 0 Å². The number of thiazole rings is 1. The molecule has 1 fully saturated rings. The minimum atomic E-state index is -0.402. The molecule has 9 heteroatoms. The zero-order valence-electron chi connectivity index (χ0n) is 16.1. The summed E-state index contributed by atoms with van der Waals surface area (Å²) in [4.78, 5) is 23.1. The van der Waals surface area contributed by atoms with Crippen LogP contribution in [0.3, 0.4) is 0 Å². The number of halogens is 1. The van der Waals surface area contributed by atoms with Crippen LogP contribution in [0, 0.1) is 5.82 Å². The number of nitrogens with zero attached hydrogens (tertiary/aromatic N) is 4. The number of carbonyl (C=O) groups excluding carboxylic acids is 1. The maximum atomic E-state index is 15.0. The van der Waals surface area contributed by atoms with E-state index in [9.17, 15) is 9.18 Å². The van der Waals surface area contributed by atoms with Gasteiger partial charge in [-0.15, -0.1) is 11.3 Å². The van der Waals surface area contributed by atoms with Crippen molar-refractivity contribution in [1.29, 1.82) is 0 Å². The van der Waals surface area contributed by atoms with Crippen molar-refractivity contribution in [3.8, 4) is 11.4 Å². The molecule has 0 spiro atoms. The summed E-state index contributed by atoms with van der Waals surface area (Å²) < 4.78 is 20.1. The first-order chi connectivity index (χ1) is 14.2. The van der Waals surface area contributed by atoms with Gasteiger partial charge in [0.15, 0.2) is 0 Å². The molecule has 0 bridgehead atoms. The lowest BCUT2D eigenvalue weighted by Crippen LogP contribution is -2.49. The van der Waals surface area contributed by atoms with E-state index in [0.29, 0.717) is 48.9 Å². The largest absolute Gasteiger partial charge is 0.357 e. The maximum absolute atomic E-state index is 15.0. The van der Waals surface area contributed by atoms with Crippen molar-refractivity contribution in [1.82, 2.24) is 20.4 Å². The van der Waals surface area contributed by atoms with E-state index < -0.39 is 11.9 Å². The van der Waals surface area contributed by atoms with Crippen molar-refractivity contribution < 1.29 is 13.7 Å². The summed E-state index contributed by atoms with van der Waals surface area (Å²) in [5.41, 5.74) is 0.971. The van der Waals surface area contributed by atoms with Crippen LogP contribution in [0.2, 0.25) is 0 Å². The third kappa shape index (κ3) is 4.29. The Bertz CT molecular complexity index is 975. The third-order valence-electron chi connectivity index (χ3n) is 4.99. The van der Waals surface area contributed by atoms with E-state index >= 15 is 0 Å². The van der Waals surface area contributed by atoms with Crippen LogP contribution in [0.15, 0.2) is 34.3 Å². The van der Waals surface area contributed by atoms with Gasteiger partial charge in [0.1, 0.15) is 16.9 Å². The molecule has 1 aliphatic heterocycles. The van der Waals surface area contributed by atoms with Crippen molar-refractivity contribution in [2.24, 2.45) is 0 Å². The van der Waals surface area contributed by atoms with Crippen LogP contribution < -0.4 is 10.2 Å². The second-order valence-corrected chi connectivity index (χ2v) is 7.86. The normalized spacial score (nSPS) is 16.8. The molecule has 3 aromatic rings. The second kappa shape index (κ2) is 8.69. The van der Waals surface area contributed by atoms with Crippen LogP contribution in [0.25, 0.3) is 11.4 Å². The molecule has 4 rings (SSSR count). The van der Waals surface area contributed by atoms with Gasteiger partial charge in [-0.3, -0.25) is 4.79 Å². The van der Waals surface area contributed by atoms with Crippen LogP contribution in [-0.4, -0.2) is 33.6 Å². The smallest absolute Gasteiger partial charge is 0.243 e. The molecule has 7 nitrogen and oxygen atoms in total. The Kier molecular flexibility index (Phi) is 5.84. The molecule has 3 heterocycles. The summed E-state index contributed by atoms with van der Waals surface area (Å²) in [5, 5.41) is 9.55. The summed E-state index contributed by atoms with van der Waals surface area (Å²) in [6, 6.07) is 4.46. The summed E-state index contributed by atoms with van der Waals surface area (Å²) in [6.45, 7) is 2.94. The third-order valence-corrected chi connectivity index (χ3v) is 5.77.